The second kappa shape index (κ2) is 21.8. The first-order valence-corrected chi connectivity index (χ1v) is 14.0. The second-order valence-corrected chi connectivity index (χ2v) is 9.63. The van der Waals surface area contributed by atoms with Crippen molar-refractivity contribution in [2.75, 3.05) is 31.9 Å². The van der Waals surface area contributed by atoms with Gasteiger partial charge in [0.1, 0.15) is 18.1 Å². The van der Waals surface area contributed by atoms with Gasteiger partial charge in [-0.2, -0.15) is 12.6 Å². The summed E-state index contributed by atoms with van der Waals surface area (Å²) in [7, 11) is 0. The van der Waals surface area contributed by atoms with Gasteiger partial charge in [-0.3, -0.25) is 29.2 Å². The summed E-state index contributed by atoms with van der Waals surface area (Å²) < 4.78 is 0. The lowest BCUT2D eigenvalue weighted by atomic mass is 10.1. The normalized spacial score (nSPS) is 13.4. The molecule has 0 fully saturated rings. The van der Waals surface area contributed by atoms with Gasteiger partial charge >= 0.3 is 5.97 Å². The van der Waals surface area contributed by atoms with Gasteiger partial charge in [-0.25, -0.2) is 4.79 Å². The van der Waals surface area contributed by atoms with E-state index in [1.165, 1.54) is 0 Å². The van der Waals surface area contributed by atoms with Crippen LogP contribution in [0.15, 0.2) is 9.98 Å². The summed E-state index contributed by atoms with van der Waals surface area (Å²) in [6.07, 6.45) is 2.29. The molecule has 0 bridgehead atoms. The van der Waals surface area contributed by atoms with Crippen LogP contribution >= 0.6 is 12.6 Å². The molecule has 17 N–H and O–H groups in total. The largest absolute Gasteiger partial charge is 0.480 e. The van der Waals surface area contributed by atoms with E-state index in [4.69, 9.17) is 34.4 Å². The highest BCUT2D eigenvalue weighted by molar-refractivity contribution is 7.80. The van der Waals surface area contributed by atoms with Gasteiger partial charge in [-0.1, -0.05) is 0 Å². The molecule has 0 rings (SSSR count). The summed E-state index contributed by atoms with van der Waals surface area (Å²) in [4.78, 5) is 69.9. The number of guanidine groups is 2. The zero-order valence-corrected chi connectivity index (χ0v) is 24.5. The van der Waals surface area contributed by atoms with Crippen LogP contribution in [0, 0.1) is 0 Å². The molecule has 240 valence electrons. The minimum atomic E-state index is -1.30. The third-order valence-corrected chi connectivity index (χ3v) is 6.07. The number of carboxylic acid groups (broad SMARTS) is 1. The van der Waals surface area contributed by atoms with Gasteiger partial charge < -0.3 is 60.8 Å². The maximum absolute atomic E-state index is 13.2. The summed E-state index contributed by atoms with van der Waals surface area (Å²) in [5, 5.41) is 19.1. The highest BCUT2D eigenvalue weighted by atomic mass is 32.1. The molecule has 0 radical (unpaired) electrons. The molecule has 18 nitrogen and oxygen atoms in total. The molecular formula is C23H46N12O6S. The number of hydrogen-bond acceptors (Lipinski definition) is 10. The van der Waals surface area contributed by atoms with Crippen LogP contribution in [-0.2, 0) is 24.0 Å². The van der Waals surface area contributed by atoms with Crippen molar-refractivity contribution in [3.8, 4) is 0 Å². The minimum absolute atomic E-state index is 0.0634. The van der Waals surface area contributed by atoms with Crippen LogP contribution in [0.3, 0.4) is 0 Å². The van der Waals surface area contributed by atoms with Gasteiger partial charge in [0.25, 0.3) is 0 Å². The Labute approximate surface area is 250 Å². The van der Waals surface area contributed by atoms with Crippen LogP contribution in [0.4, 0.5) is 0 Å². The van der Waals surface area contributed by atoms with Gasteiger partial charge in [0.15, 0.2) is 11.9 Å². The first kappa shape index (κ1) is 38.2. The van der Waals surface area contributed by atoms with Crippen LogP contribution in [0.25, 0.3) is 0 Å². The molecule has 19 heteroatoms. The van der Waals surface area contributed by atoms with Crippen molar-refractivity contribution in [2.24, 2.45) is 44.4 Å². The number of aliphatic imine (C=N–C) groups is 2. The Morgan fingerprint density at radius 2 is 1.21 bits per heavy atom. The lowest BCUT2D eigenvalue weighted by Gasteiger charge is -2.24. The number of hydrogen-bond donors (Lipinski definition) is 12. The van der Waals surface area contributed by atoms with Crippen LogP contribution in [0.2, 0.25) is 0 Å². The standard InChI is InChI=1S/C23H46N12O6S/c24-8-2-1-6-14(33-17(36)11-32-18(37)13(25)5-3-9-30-22(26)27)19(38)34-15(7-4-10-31-23(28)29)20(39)35-16(12-42)21(40)41/h13-16,42H,1-12,24-25H2,(H,32,37)(H,33,36)(H,34,38)(H,35,39)(H,40,41)(H4,26,27,30)(H4,28,29,31). The number of carboxylic acids is 1. The number of nitrogens with zero attached hydrogens (tertiary/aromatic N) is 2. The third-order valence-electron chi connectivity index (χ3n) is 5.70. The van der Waals surface area contributed by atoms with E-state index in [2.05, 4.69) is 43.9 Å². The Morgan fingerprint density at radius 3 is 1.71 bits per heavy atom. The molecule has 0 aliphatic heterocycles. The summed E-state index contributed by atoms with van der Waals surface area (Å²) >= 11 is 3.93. The number of unbranched alkanes of at least 4 members (excludes halogenated alkanes) is 1. The predicted octanol–water partition coefficient (Wildman–Crippen LogP) is -4.87. The van der Waals surface area contributed by atoms with E-state index < -0.39 is 60.3 Å². The monoisotopic (exact) mass is 618 g/mol. The SMILES string of the molecule is NCCCCC(NC(=O)CNC(=O)C(N)CCCN=C(N)N)C(=O)NC(CCCN=C(N)N)C(=O)NC(CS)C(=O)O. The molecule has 0 saturated heterocycles. The van der Waals surface area contributed by atoms with Crippen molar-refractivity contribution < 1.29 is 29.1 Å². The number of thiol groups is 1. The van der Waals surface area contributed by atoms with Crippen molar-refractivity contribution in [1.82, 2.24) is 21.3 Å². The smallest absolute Gasteiger partial charge is 0.327 e. The quantitative estimate of drug-likeness (QED) is 0.0235. The van der Waals surface area contributed by atoms with Gasteiger partial charge in [0.05, 0.1) is 12.6 Å². The van der Waals surface area contributed by atoms with Crippen molar-refractivity contribution >= 4 is 54.1 Å². The molecule has 4 atom stereocenters. The van der Waals surface area contributed by atoms with E-state index in [-0.39, 0.29) is 49.9 Å². The number of carbonyl (C=O) groups excluding carboxylic acids is 4. The number of amides is 4. The molecule has 0 aromatic rings. The first-order chi connectivity index (χ1) is 19.8. The minimum Gasteiger partial charge on any atom is -0.480 e. The Bertz CT molecular complexity index is 943. The molecule has 42 heavy (non-hydrogen) atoms. The molecule has 4 unspecified atom stereocenters. The molecule has 0 aliphatic carbocycles. The number of rotatable bonds is 22. The lowest BCUT2D eigenvalue weighted by Crippen LogP contribution is -2.56. The average molecular weight is 619 g/mol. The van der Waals surface area contributed by atoms with E-state index in [9.17, 15) is 29.1 Å². The fourth-order valence-electron chi connectivity index (χ4n) is 3.46. The van der Waals surface area contributed by atoms with Crippen molar-refractivity contribution in [2.45, 2.75) is 69.1 Å². The number of carbonyl (C=O) groups is 5. The van der Waals surface area contributed by atoms with E-state index in [0.29, 0.717) is 32.4 Å². The third kappa shape index (κ3) is 17.8. The molecule has 0 spiro atoms. The van der Waals surface area contributed by atoms with Gasteiger partial charge in [-0.15, -0.1) is 0 Å². The van der Waals surface area contributed by atoms with E-state index >= 15 is 0 Å². The predicted molar refractivity (Wildman–Crippen MR) is 161 cm³/mol. The fraction of sp³-hybridized carbons (Fsp3) is 0.696. The summed E-state index contributed by atoms with van der Waals surface area (Å²) in [5.41, 5.74) is 32.5. The molecule has 0 heterocycles. The van der Waals surface area contributed by atoms with Gasteiger partial charge in [0, 0.05) is 18.8 Å². The molecule has 0 saturated carbocycles. The van der Waals surface area contributed by atoms with E-state index in [1.807, 2.05) is 0 Å². The van der Waals surface area contributed by atoms with Gasteiger partial charge in [0.2, 0.25) is 23.6 Å². The Hall–Kier alpha value is -3.84. The van der Waals surface area contributed by atoms with E-state index in [1.54, 1.807) is 0 Å². The average Bonchev–Trinajstić information content (AvgIpc) is 2.92. The van der Waals surface area contributed by atoms with E-state index in [0.717, 1.165) is 0 Å². The maximum atomic E-state index is 13.2. The summed E-state index contributed by atoms with van der Waals surface area (Å²) in [5.74, 6) is -4.40. The second-order valence-electron chi connectivity index (χ2n) is 9.27. The Kier molecular flexibility index (Phi) is 19.8. The molecule has 0 aliphatic rings. The number of nitrogens with two attached hydrogens (primary N) is 6. The molecule has 0 aromatic heterocycles. The summed E-state index contributed by atoms with van der Waals surface area (Å²) in [6, 6.07) is -4.44. The van der Waals surface area contributed by atoms with Crippen LogP contribution in [0.1, 0.15) is 44.9 Å². The van der Waals surface area contributed by atoms with Crippen molar-refractivity contribution in [3.05, 3.63) is 0 Å². The van der Waals surface area contributed by atoms with Crippen LogP contribution < -0.4 is 55.7 Å². The van der Waals surface area contributed by atoms with Crippen molar-refractivity contribution in [3.63, 3.8) is 0 Å². The lowest BCUT2D eigenvalue weighted by molar-refractivity contribution is -0.141. The topological polar surface area (TPSA) is 335 Å². The van der Waals surface area contributed by atoms with Gasteiger partial charge in [-0.05, 0) is 51.5 Å². The first-order valence-electron chi connectivity index (χ1n) is 13.4. The zero-order valence-electron chi connectivity index (χ0n) is 23.6. The van der Waals surface area contributed by atoms with Crippen LogP contribution in [0.5, 0.6) is 0 Å². The zero-order chi connectivity index (χ0) is 32.1. The fourth-order valence-corrected chi connectivity index (χ4v) is 3.71. The molecule has 0 aromatic carbocycles. The highest BCUT2D eigenvalue weighted by Gasteiger charge is 2.29. The molecular weight excluding hydrogens is 572 g/mol. The van der Waals surface area contributed by atoms with Crippen molar-refractivity contribution in [1.29, 1.82) is 0 Å². The van der Waals surface area contributed by atoms with Crippen LogP contribution in [-0.4, -0.2) is 103 Å². The Balaban J connectivity index is 5.36. The number of nitrogens with one attached hydrogen (secondary N) is 4. The highest BCUT2D eigenvalue weighted by Crippen LogP contribution is 2.05. The Morgan fingerprint density at radius 1 is 0.714 bits per heavy atom. The maximum Gasteiger partial charge on any atom is 0.327 e. The number of aliphatic carboxylic acids is 1. The molecule has 4 amide bonds. The summed E-state index contributed by atoms with van der Waals surface area (Å²) in [6.45, 7) is 0.354.